The van der Waals surface area contributed by atoms with Gasteiger partial charge in [-0.1, -0.05) is 30.3 Å². The van der Waals surface area contributed by atoms with Crippen LogP contribution in [-0.2, 0) is 0 Å². The van der Waals surface area contributed by atoms with Crippen LogP contribution in [0.1, 0.15) is 14.7 Å². The summed E-state index contributed by atoms with van der Waals surface area (Å²) >= 11 is 1.40. The van der Waals surface area contributed by atoms with Crippen LogP contribution in [0.3, 0.4) is 0 Å². The number of nitrogens with one attached hydrogen (secondary N) is 1. The van der Waals surface area contributed by atoms with E-state index in [1.165, 1.54) is 11.3 Å². The maximum Gasteiger partial charge on any atom is 0.263 e. The van der Waals surface area contributed by atoms with E-state index in [4.69, 9.17) is 9.47 Å². The molecule has 0 spiro atoms. The Bertz CT molecular complexity index is 861. The number of amides is 1. The minimum absolute atomic E-state index is 0.132. The van der Waals surface area contributed by atoms with Gasteiger partial charge in [-0.2, -0.15) is 0 Å². The van der Waals surface area contributed by atoms with Crippen molar-refractivity contribution in [2.75, 3.05) is 20.3 Å². The van der Waals surface area contributed by atoms with Gasteiger partial charge >= 0.3 is 0 Å². The molecule has 2 aromatic carbocycles. The molecule has 0 atom stereocenters. The Balaban J connectivity index is 1.57. The monoisotopic (exact) mass is 368 g/mol. The summed E-state index contributed by atoms with van der Waals surface area (Å²) in [7, 11) is 1.62. The molecular formula is C20H20N2O3S. The zero-order valence-electron chi connectivity index (χ0n) is 14.7. The first-order valence-electron chi connectivity index (χ1n) is 8.25. The summed E-state index contributed by atoms with van der Waals surface area (Å²) in [6.07, 6.45) is 0. The molecule has 1 N–H and O–H groups in total. The molecule has 1 amide bonds. The second-order valence-corrected chi connectivity index (χ2v) is 6.76. The number of thiazole rings is 1. The number of aromatic nitrogens is 1. The van der Waals surface area contributed by atoms with E-state index in [9.17, 15) is 4.79 Å². The van der Waals surface area contributed by atoms with E-state index < -0.39 is 0 Å². The third kappa shape index (κ3) is 4.40. The van der Waals surface area contributed by atoms with E-state index in [0.717, 1.165) is 27.8 Å². The number of benzene rings is 2. The van der Waals surface area contributed by atoms with Crippen molar-refractivity contribution < 1.29 is 14.3 Å². The predicted molar refractivity (Wildman–Crippen MR) is 103 cm³/mol. The first kappa shape index (κ1) is 17.9. The second-order valence-electron chi connectivity index (χ2n) is 5.56. The van der Waals surface area contributed by atoms with Crippen LogP contribution in [0.2, 0.25) is 0 Å². The highest BCUT2D eigenvalue weighted by Crippen LogP contribution is 2.27. The van der Waals surface area contributed by atoms with Gasteiger partial charge in [0.05, 0.1) is 24.4 Å². The number of hydrogen-bond donors (Lipinski definition) is 1. The van der Waals surface area contributed by atoms with Crippen LogP contribution in [0.5, 0.6) is 11.5 Å². The lowest BCUT2D eigenvalue weighted by atomic mass is 10.1. The summed E-state index contributed by atoms with van der Waals surface area (Å²) < 4.78 is 10.7. The molecule has 0 aliphatic heterocycles. The van der Waals surface area contributed by atoms with E-state index in [0.29, 0.717) is 18.0 Å². The number of nitrogens with zero attached hydrogens (tertiary/aromatic N) is 1. The Morgan fingerprint density at radius 1 is 1.08 bits per heavy atom. The number of carbonyl (C=O) groups is 1. The van der Waals surface area contributed by atoms with Crippen LogP contribution >= 0.6 is 11.3 Å². The molecule has 26 heavy (non-hydrogen) atoms. The van der Waals surface area contributed by atoms with Gasteiger partial charge in [-0.3, -0.25) is 4.79 Å². The van der Waals surface area contributed by atoms with Crippen LogP contribution < -0.4 is 14.8 Å². The molecule has 0 radical (unpaired) electrons. The molecule has 6 heteroatoms. The van der Waals surface area contributed by atoms with Crippen molar-refractivity contribution in [1.29, 1.82) is 0 Å². The largest absolute Gasteiger partial charge is 0.497 e. The molecule has 0 saturated carbocycles. The summed E-state index contributed by atoms with van der Waals surface area (Å²) in [4.78, 5) is 17.7. The third-order valence-electron chi connectivity index (χ3n) is 3.70. The summed E-state index contributed by atoms with van der Waals surface area (Å²) in [5.74, 6) is 1.38. The number of carbonyl (C=O) groups excluding carboxylic acids is 1. The summed E-state index contributed by atoms with van der Waals surface area (Å²) in [6, 6.07) is 17.1. The third-order valence-corrected chi connectivity index (χ3v) is 4.67. The van der Waals surface area contributed by atoms with Crippen molar-refractivity contribution in [3.8, 4) is 22.8 Å². The fourth-order valence-electron chi connectivity index (χ4n) is 2.46. The van der Waals surface area contributed by atoms with E-state index >= 15 is 0 Å². The molecule has 0 aliphatic rings. The molecule has 0 saturated heterocycles. The fraction of sp³-hybridized carbons (Fsp3) is 0.200. The van der Waals surface area contributed by atoms with Gasteiger partial charge in [0.25, 0.3) is 5.91 Å². The van der Waals surface area contributed by atoms with Gasteiger partial charge in [0, 0.05) is 5.56 Å². The average Bonchev–Trinajstić information content (AvgIpc) is 3.08. The molecule has 0 bridgehead atoms. The smallest absolute Gasteiger partial charge is 0.263 e. The van der Waals surface area contributed by atoms with Crippen LogP contribution in [0.15, 0.2) is 54.6 Å². The molecule has 3 rings (SSSR count). The van der Waals surface area contributed by atoms with Crippen molar-refractivity contribution in [2.24, 2.45) is 0 Å². The molecule has 0 aliphatic carbocycles. The second kappa shape index (κ2) is 8.49. The molecule has 5 nitrogen and oxygen atoms in total. The maximum atomic E-state index is 12.5. The van der Waals surface area contributed by atoms with E-state index in [1.807, 2.05) is 61.5 Å². The van der Waals surface area contributed by atoms with Crippen molar-refractivity contribution in [2.45, 2.75) is 6.92 Å². The first-order valence-corrected chi connectivity index (χ1v) is 9.07. The quantitative estimate of drug-likeness (QED) is 0.642. The number of hydrogen-bond acceptors (Lipinski definition) is 5. The van der Waals surface area contributed by atoms with Crippen molar-refractivity contribution in [3.63, 3.8) is 0 Å². The molecule has 0 fully saturated rings. The predicted octanol–water partition coefficient (Wildman–Crippen LogP) is 3.94. The number of rotatable bonds is 7. The van der Waals surface area contributed by atoms with Crippen LogP contribution in [0, 0.1) is 6.92 Å². The molecule has 0 unspecified atom stereocenters. The fourth-order valence-corrected chi connectivity index (χ4v) is 3.32. The SMILES string of the molecule is COc1ccc(OCCNC(=O)c2sc(C)nc2-c2ccccc2)cc1. The highest BCUT2D eigenvalue weighted by Gasteiger charge is 2.17. The Hall–Kier alpha value is -2.86. The van der Waals surface area contributed by atoms with E-state index in [-0.39, 0.29) is 5.91 Å². The van der Waals surface area contributed by atoms with Crippen LogP contribution in [0.4, 0.5) is 0 Å². The number of aryl methyl sites for hydroxylation is 1. The number of methoxy groups -OCH3 is 1. The molecule has 1 aromatic heterocycles. The lowest BCUT2D eigenvalue weighted by Crippen LogP contribution is -2.27. The Morgan fingerprint density at radius 3 is 2.46 bits per heavy atom. The Morgan fingerprint density at radius 2 is 1.77 bits per heavy atom. The first-order chi connectivity index (χ1) is 12.7. The molecule has 1 heterocycles. The van der Waals surface area contributed by atoms with Crippen molar-refractivity contribution in [1.82, 2.24) is 10.3 Å². The maximum absolute atomic E-state index is 12.5. The zero-order chi connectivity index (χ0) is 18.4. The average molecular weight is 368 g/mol. The van der Waals surface area contributed by atoms with E-state index in [2.05, 4.69) is 10.3 Å². The lowest BCUT2D eigenvalue weighted by molar-refractivity contribution is 0.0951. The van der Waals surface area contributed by atoms with Crippen LogP contribution in [0.25, 0.3) is 11.3 Å². The highest BCUT2D eigenvalue weighted by atomic mass is 32.1. The minimum atomic E-state index is -0.132. The van der Waals surface area contributed by atoms with Gasteiger partial charge in [0.15, 0.2) is 0 Å². The summed E-state index contributed by atoms with van der Waals surface area (Å²) in [5.41, 5.74) is 1.66. The molecular weight excluding hydrogens is 348 g/mol. The zero-order valence-corrected chi connectivity index (χ0v) is 15.5. The number of ether oxygens (including phenoxy) is 2. The summed E-state index contributed by atoms with van der Waals surface area (Å²) in [5, 5.41) is 3.76. The molecule has 134 valence electrons. The van der Waals surface area contributed by atoms with Gasteiger partial charge in [-0.25, -0.2) is 4.98 Å². The van der Waals surface area contributed by atoms with Gasteiger partial charge in [0.1, 0.15) is 23.0 Å². The topological polar surface area (TPSA) is 60.5 Å². The lowest BCUT2D eigenvalue weighted by Gasteiger charge is -2.08. The van der Waals surface area contributed by atoms with Crippen molar-refractivity contribution in [3.05, 3.63) is 64.5 Å². The highest BCUT2D eigenvalue weighted by molar-refractivity contribution is 7.14. The Kier molecular flexibility index (Phi) is 5.86. The van der Waals surface area contributed by atoms with E-state index in [1.54, 1.807) is 7.11 Å². The normalized spacial score (nSPS) is 10.4. The standard InChI is InChI=1S/C20H20N2O3S/c1-14-22-18(15-6-4-3-5-7-15)19(26-14)20(23)21-12-13-25-17-10-8-16(24-2)9-11-17/h3-11H,12-13H2,1-2H3,(H,21,23). The minimum Gasteiger partial charge on any atom is -0.497 e. The Labute approximate surface area is 156 Å². The van der Waals surface area contributed by atoms with Crippen molar-refractivity contribution >= 4 is 17.2 Å². The summed E-state index contributed by atoms with van der Waals surface area (Å²) in [6.45, 7) is 2.70. The molecule has 3 aromatic rings. The van der Waals surface area contributed by atoms with Crippen LogP contribution in [-0.4, -0.2) is 31.2 Å². The van der Waals surface area contributed by atoms with Gasteiger partial charge < -0.3 is 14.8 Å². The van der Waals surface area contributed by atoms with Gasteiger partial charge in [-0.15, -0.1) is 11.3 Å². The van der Waals surface area contributed by atoms with Gasteiger partial charge in [-0.05, 0) is 31.2 Å². The van der Waals surface area contributed by atoms with Gasteiger partial charge in [0.2, 0.25) is 0 Å².